The lowest BCUT2D eigenvalue weighted by Gasteiger charge is -2.03. The molecule has 0 radical (unpaired) electrons. The first kappa shape index (κ1) is 14.5. The van der Waals surface area contributed by atoms with Crippen LogP contribution in [0.25, 0.3) is 16.3 Å². The smallest absolute Gasteiger partial charge is 0.295 e. The maximum Gasteiger partial charge on any atom is 0.295 e. The average molecular weight is 336 g/mol. The van der Waals surface area contributed by atoms with Gasteiger partial charge in [0.2, 0.25) is 5.82 Å². The Morgan fingerprint density at radius 3 is 2.67 bits per heavy atom. The van der Waals surface area contributed by atoms with E-state index in [9.17, 15) is 4.79 Å². The fourth-order valence-corrected chi connectivity index (χ4v) is 2.90. The van der Waals surface area contributed by atoms with E-state index < -0.39 is 0 Å². The zero-order valence-electron chi connectivity index (χ0n) is 12.7. The van der Waals surface area contributed by atoms with E-state index in [1.54, 1.807) is 34.3 Å². The van der Waals surface area contributed by atoms with Crippen LogP contribution >= 0.6 is 11.3 Å². The zero-order chi connectivity index (χ0) is 16.5. The molecule has 118 valence electrons. The number of nitrogens with zero attached hydrogens (tertiary/aromatic N) is 5. The van der Waals surface area contributed by atoms with Gasteiger partial charge in [-0.3, -0.25) is 4.79 Å². The lowest BCUT2D eigenvalue weighted by atomic mass is 10.2. The predicted octanol–water partition coefficient (Wildman–Crippen LogP) is 2.81. The topological polar surface area (TPSA) is 85.1 Å². The van der Waals surface area contributed by atoms with E-state index in [2.05, 4.69) is 25.4 Å². The number of amides is 1. The Morgan fingerprint density at radius 2 is 1.96 bits per heavy atom. The number of carbonyl (C=O) groups excluding carboxylic acids is 1. The number of nitrogens with one attached hydrogen (secondary N) is 1. The highest BCUT2D eigenvalue weighted by molar-refractivity contribution is 7.13. The fraction of sp³-hybridized carbons (Fsp3) is 0.0625. The van der Waals surface area contributed by atoms with Gasteiger partial charge in [0.15, 0.2) is 0 Å². The van der Waals surface area contributed by atoms with E-state index in [0.717, 1.165) is 16.3 Å². The third-order valence-electron chi connectivity index (χ3n) is 3.46. The molecule has 1 amide bonds. The zero-order valence-corrected chi connectivity index (χ0v) is 13.5. The Labute approximate surface area is 141 Å². The second-order valence-corrected chi connectivity index (χ2v) is 6.00. The molecule has 3 aromatic heterocycles. The highest BCUT2D eigenvalue weighted by atomic mass is 32.1. The third kappa shape index (κ3) is 2.63. The summed E-state index contributed by atoms with van der Waals surface area (Å²) in [6.07, 6.45) is 3.40. The molecule has 0 spiro atoms. The Hall–Kier alpha value is -3.13. The average Bonchev–Trinajstić information content (AvgIpc) is 3.26. The molecular formula is C16H12N6OS. The molecule has 0 fully saturated rings. The fourth-order valence-electron chi connectivity index (χ4n) is 2.25. The molecule has 0 saturated carbocycles. The van der Waals surface area contributed by atoms with Crippen molar-refractivity contribution >= 4 is 28.7 Å². The minimum Gasteiger partial charge on any atom is -0.319 e. The van der Waals surface area contributed by atoms with Gasteiger partial charge in [-0.05, 0) is 37.3 Å². The summed E-state index contributed by atoms with van der Waals surface area (Å²) in [6.45, 7) is 1.88. The molecule has 4 aromatic rings. The molecule has 4 rings (SSSR count). The number of benzene rings is 1. The number of aromatic nitrogens is 5. The van der Waals surface area contributed by atoms with Crippen molar-refractivity contribution in [3.8, 4) is 10.6 Å². The van der Waals surface area contributed by atoms with Crippen LogP contribution in [-0.2, 0) is 0 Å². The highest BCUT2D eigenvalue weighted by Gasteiger charge is 2.14. The van der Waals surface area contributed by atoms with Gasteiger partial charge in [-0.25, -0.2) is 14.5 Å². The van der Waals surface area contributed by atoms with E-state index in [-0.39, 0.29) is 11.7 Å². The van der Waals surface area contributed by atoms with E-state index in [4.69, 9.17) is 0 Å². The van der Waals surface area contributed by atoms with Crippen LogP contribution in [-0.4, -0.2) is 30.5 Å². The lowest BCUT2D eigenvalue weighted by Crippen LogP contribution is -2.14. The number of rotatable bonds is 3. The van der Waals surface area contributed by atoms with Crippen molar-refractivity contribution in [2.24, 2.45) is 0 Å². The maximum absolute atomic E-state index is 12.3. The third-order valence-corrected chi connectivity index (χ3v) is 4.28. The van der Waals surface area contributed by atoms with Crippen molar-refractivity contribution in [1.29, 1.82) is 0 Å². The molecule has 0 saturated heterocycles. The molecule has 7 nitrogen and oxygen atoms in total. The van der Waals surface area contributed by atoms with Gasteiger partial charge >= 0.3 is 0 Å². The molecule has 0 aliphatic carbocycles. The molecule has 0 aliphatic heterocycles. The number of carbonyl (C=O) groups is 1. The van der Waals surface area contributed by atoms with Gasteiger partial charge in [0, 0.05) is 34.7 Å². The Bertz CT molecular complexity index is 1010. The Kier molecular flexibility index (Phi) is 3.51. The summed E-state index contributed by atoms with van der Waals surface area (Å²) in [5.74, 6) is 0.113. The van der Waals surface area contributed by atoms with Crippen molar-refractivity contribution in [3.05, 3.63) is 59.6 Å². The number of hydrogen-bond acceptors (Lipinski definition) is 6. The summed E-state index contributed by atoms with van der Waals surface area (Å²) in [7, 11) is 0. The van der Waals surface area contributed by atoms with Gasteiger partial charge in [0.05, 0.1) is 0 Å². The quantitative estimate of drug-likeness (QED) is 0.622. The number of thiazole rings is 1. The Morgan fingerprint density at radius 1 is 1.12 bits per heavy atom. The number of aryl methyl sites for hydroxylation is 1. The van der Waals surface area contributed by atoms with E-state index in [1.165, 1.54) is 0 Å². The molecule has 1 N–H and O–H groups in total. The number of hydrogen-bond donors (Lipinski definition) is 1. The van der Waals surface area contributed by atoms with Gasteiger partial charge in [-0.2, -0.15) is 4.98 Å². The second kappa shape index (κ2) is 5.82. The predicted molar refractivity (Wildman–Crippen MR) is 91.0 cm³/mol. The minimum absolute atomic E-state index is 0.0841. The first-order valence-corrected chi connectivity index (χ1v) is 8.08. The highest BCUT2D eigenvalue weighted by Crippen LogP contribution is 2.23. The number of fused-ring (bicyclic) bond motifs is 1. The van der Waals surface area contributed by atoms with Crippen molar-refractivity contribution in [3.63, 3.8) is 0 Å². The monoisotopic (exact) mass is 336 g/mol. The standard InChI is InChI=1S/C16H12N6OS/c1-10-6-7-18-16-20-13(21-22(10)16)14(23)19-12-4-2-11(3-5-12)15-17-8-9-24-15/h2-9H,1H3,(H,19,23). The van der Waals surface area contributed by atoms with Crippen LogP contribution in [0.2, 0.25) is 0 Å². The first-order chi connectivity index (χ1) is 11.7. The molecular weight excluding hydrogens is 324 g/mol. The molecule has 24 heavy (non-hydrogen) atoms. The van der Waals surface area contributed by atoms with Crippen molar-refractivity contribution in [2.45, 2.75) is 6.92 Å². The summed E-state index contributed by atoms with van der Waals surface area (Å²) in [4.78, 5) is 24.8. The van der Waals surface area contributed by atoms with E-state index >= 15 is 0 Å². The summed E-state index contributed by atoms with van der Waals surface area (Å²) in [5, 5.41) is 9.85. The van der Waals surface area contributed by atoms with E-state index in [1.807, 2.05) is 36.6 Å². The van der Waals surface area contributed by atoms with Crippen molar-refractivity contribution in [2.75, 3.05) is 5.32 Å². The van der Waals surface area contributed by atoms with E-state index in [0.29, 0.717) is 11.5 Å². The van der Waals surface area contributed by atoms with Gasteiger partial charge in [0.25, 0.3) is 11.7 Å². The van der Waals surface area contributed by atoms with Crippen LogP contribution in [0.1, 0.15) is 16.3 Å². The van der Waals surface area contributed by atoms with Gasteiger partial charge < -0.3 is 5.32 Å². The van der Waals surface area contributed by atoms with Crippen LogP contribution < -0.4 is 5.32 Å². The minimum atomic E-state index is -0.373. The molecule has 0 aliphatic rings. The van der Waals surface area contributed by atoms with Crippen LogP contribution in [0.5, 0.6) is 0 Å². The molecule has 8 heteroatoms. The molecule has 0 unspecified atom stereocenters. The normalized spacial score (nSPS) is 10.9. The summed E-state index contributed by atoms with van der Waals surface area (Å²) in [6, 6.07) is 9.29. The van der Waals surface area contributed by atoms with Crippen molar-refractivity contribution in [1.82, 2.24) is 24.6 Å². The lowest BCUT2D eigenvalue weighted by molar-refractivity contribution is 0.101. The first-order valence-electron chi connectivity index (χ1n) is 7.20. The Balaban J connectivity index is 1.55. The molecule has 1 aromatic carbocycles. The summed E-state index contributed by atoms with van der Waals surface area (Å²) in [5.41, 5.74) is 2.54. The molecule has 0 bridgehead atoms. The van der Waals surface area contributed by atoms with Crippen molar-refractivity contribution < 1.29 is 4.79 Å². The van der Waals surface area contributed by atoms with Gasteiger partial charge in [0.1, 0.15) is 5.01 Å². The van der Waals surface area contributed by atoms with Gasteiger partial charge in [-0.1, -0.05) is 0 Å². The van der Waals surface area contributed by atoms with Crippen LogP contribution in [0.4, 0.5) is 5.69 Å². The summed E-state index contributed by atoms with van der Waals surface area (Å²) >= 11 is 1.57. The SMILES string of the molecule is Cc1ccnc2nc(C(=O)Nc3ccc(-c4nccs4)cc3)nn12. The number of anilines is 1. The molecule has 0 atom stereocenters. The van der Waals surface area contributed by atoms with Crippen LogP contribution in [0.15, 0.2) is 48.1 Å². The van der Waals surface area contributed by atoms with Crippen LogP contribution in [0, 0.1) is 6.92 Å². The van der Waals surface area contributed by atoms with Crippen LogP contribution in [0.3, 0.4) is 0 Å². The summed E-state index contributed by atoms with van der Waals surface area (Å²) < 4.78 is 1.54. The largest absolute Gasteiger partial charge is 0.319 e. The molecule has 3 heterocycles. The second-order valence-electron chi connectivity index (χ2n) is 5.10. The maximum atomic E-state index is 12.3. The van der Waals surface area contributed by atoms with Gasteiger partial charge in [-0.15, -0.1) is 16.4 Å².